The van der Waals surface area contributed by atoms with E-state index in [1.807, 2.05) is 5.38 Å². The van der Waals surface area contributed by atoms with Crippen LogP contribution >= 0.6 is 23.1 Å². The summed E-state index contributed by atoms with van der Waals surface area (Å²) in [5, 5.41) is 1.84. The van der Waals surface area contributed by atoms with Gasteiger partial charge in [-0.05, 0) is 25.2 Å². The van der Waals surface area contributed by atoms with Crippen LogP contribution in [0.15, 0.2) is 43.9 Å². The summed E-state index contributed by atoms with van der Waals surface area (Å²) in [6.45, 7) is 0. The number of hydrogen-bond acceptors (Lipinski definition) is 6. The summed E-state index contributed by atoms with van der Waals surface area (Å²) < 4.78 is 26.9. The lowest BCUT2D eigenvalue weighted by Gasteiger charge is -2.08. The number of nitrogens with one attached hydrogen (secondary N) is 1. The molecule has 0 radical (unpaired) electrons. The molecule has 0 saturated heterocycles. The molecule has 2 aromatic rings. The molecule has 0 amide bonds. The van der Waals surface area contributed by atoms with Gasteiger partial charge >= 0.3 is 0 Å². The highest BCUT2D eigenvalue weighted by Crippen LogP contribution is 2.34. The number of hydrogen-bond donors (Lipinski definition) is 2. The molecule has 1 aromatic carbocycles. The van der Waals surface area contributed by atoms with E-state index in [1.165, 1.54) is 36.2 Å². The van der Waals surface area contributed by atoms with Crippen molar-refractivity contribution in [2.24, 2.45) is 0 Å². The van der Waals surface area contributed by atoms with Crippen molar-refractivity contribution in [1.29, 1.82) is 0 Å². The lowest BCUT2D eigenvalue weighted by Crippen LogP contribution is -2.19. The molecular formula is C10H11N3O2S3. The van der Waals surface area contributed by atoms with Crippen molar-refractivity contribution < 1.29 is 8.42 Å². The van der Waals surface area contributed by atoms with Crippen LogP contribution in [0.4, 0.5) is 5.69 Å². The maximum atomic E-state index is 11.9. The third kappa shape index (κ3) is 2.83. The van der Waals surface area contributed by atoms with Gasteiger partial charge in [-0.15, -0.1) is 11.3 Å². The fourth-order valence-electron chi connectivity index (χ4n) is 1.28. The van der Waals surface area contributed by atoms with E-state index < -0.39 is 10.0 Å². The molecule has 2 rings (SSSR count). The van der Waals surface area contributed by atoms with Crippen LogP contribution in [-0.2, 0) is 10.0 Å². The number of rotatable bonds is 4. The van der Waals surface area contributed by atoms with Crippen LogP contribution in [0.25, 0.3) is 0 Å². The van der Waals surface area contributed by atoms with E-state index in [-0.39, 0.29) is 4.90 Å². The Bertz CT molecular complexity index is 638. The zero-order valence-corrected chi connectivity index (χ0v) is 11.9. The van der Waals surface area contributed by atoms with Crippen molar-refractivity contribution >= 4 is 38.8 Å². The molecule has 0 aliphatic rings. The molecule has 3 N–H and O–H groups in total. The largest absolute Gasteiger partial charge is 0.399 e. The van der Waals surface area contributed by atoms with Gasteiger partial charge in [0.1, 0.15) is 0 Å². The third-order valence-electron chi connectivity index (χ3n) is 2.13. The molecule has 5 nitrogen and oxygen atoms in total. The summed E-state index contributed by atoms with van der Waals surface area (Å²) in [7, 11) is -2.16. The summed E-state index contributed by atoms with van der Waals surface area (Å²) in [6, 6.07) is 4.80. The van der Waals surface area contributed by atoms with Gasteiger partial charge in [-0.3, -0.25) is 0 Å². The van der Waals surface area contributed by atoms with Crippen LogP contribution in [0.2, 0.25) is 0 Å². The standard InChI is InChI=1S/C10H11N3O2S3/c1-12-18(14,15)9-6-7(11)2-3-8(9)17-10-13-4-5-16-10/h2-6,12H,11H2,1H3. The average Bonchev–Trinajstić information content (AvgIpc) is 2.84. The monoisotopic (exact) mass is 301 g/mol. The Morgan fingerprint density at radius 1 is 1.44 bits per heavy atom. The molecule has 1 aromatic heterocycles. The van der Waals surface area contributed by atoms with E-state index in [2.05, 4.69) is 9.71 Å². The number of nitrogens with zero attached hydrogens (tertiary/aromatic N) is 1. The predicted octanol–water partition coefficient (Wildman–Crippen LogP) is 1.78. The molecule has 0 atom stereocenters. The molecule has 96 valence electrons. The molecule has 0 spiro atoms. The summed E-state index contributed by atoms with van der Waals surface area (Å²) in [5.41, 5.74) is 6.05. The minimum atomic E-state index is -3.53. The van der Waals surface area contributed by atoms with Crippen molar-refractivity contribution in [2.45, 2.75) is 14.1 Å². The number of nitrogen functional groups attached to an aromatic ring is 1. The number of sulfonamides is 1. The lowest BCUT2D eigenvalue weighted by molar-refractivity contribution is 0.586. The van der Waals surface area contributed by atoms with E-state index in [9.17, 15) is 8.42 Å². The number of nitrogens with two attached hydrogens (primary N) is 1. The number of aromatic nitrogens is 1. The highest BCUT2D eigenvalue weighted by Gasteiger charge is 2.18. The van der Waals surface area contributed by atoms with E-state index >= 15 is 0 Å². The Kier molecular flexibility index (Phi) is 3.91. The van der Waals surface area contributed by atoms with Gasteiger partial charge in [-0.1, -0.05) is 11.8 Å². The molecule has 0 fully saturated rings. The van der Waals surface area contributed by atoms with Gasteiger partial charge in [0, 0.05) is 22.2 Å². The molecule has 0 unspecified atom stereocenters. The van der Waals surface area contributed by atoms with Crippen molar-refractivity contribution in [3.8, 4) is 0 Å². The van der Waals surface area contributed by atoms with Gasteiger partial charge in [-0.25, -0.2) is 18.1 Å². The fourth-order valence-corrected chi connectivity index (χ4v) is 4.17. The van der Waals surface area contributed by atoms with E-state index in [1.54, 1.807) is 18.3 Å². The maximum Gasteiger partial charge on any atom is 0.241 e. The molecular weight excluding hydrogens is 290 g/mol. The maximum absolute atomic E-state index is 11.9. The van der Waals surface area contributed by atoms with E-state index in [0.717, 1.165) is 4.34 Å². The zero-order chi connectivity index (χ0) is 13.2. The van der Waals surface area contributed by atoms with Crippen molar-refractivity contribution in [1.82, 2.24) is 9.71 Å². The first kappa shape index (κ1) is 13.3. The van der Waals surface area contributed by atoms with Crippen LogP contribution in [-0.4, -0.2) is 20.4 Å². The third-order valence-corrected chi connectivity index (χ3v) is 5.68. The molecule has 1 heterocycles. The summed E-state index contributed by atoms with van der Waals surface area (Å²) >= 11 is 2.76. The normalized spacial score (nSPS) is 11.6. The molecule has 0 bridgehead atoms. The minimum absolute atomic E-state index is 0.171. The van der Waals surface area contributed by atoms with E-state index in [4.69, 9.17) is 5.73 Å². The summed E-state index contributed by atoms with van der Waals surface area (Å²) in [6.07, 6.45) is 1.68. The number of anilines is 1. The van der Waals surface area contributed by atoms with Crippen LogP contribution < -0.4 is 10.5 Å². The predicted molar refractivity (Wildman–Crippen MR) is 73.3 cm³/mol. The van der Waals surface area contributed by atoms with Crippen LogP contribution in [0.1, 0.15) is 0 Å². The Labute approximate surface area is 113 Å². The highest BCUT2D eigenvalue weighted by molar-refractivity contribution is 8.01. The fraction of sp³-hybridized carbons (Fsp3) is 0.100. The number of thiazole rings is 1. The van der Waals surface area contributed by atoms with Gasteiger partial charge < -0.3 is 5.73 Å². The lowest BCUT2D eigenvalue weighted by atomic mass is 10.3. The topological polar surface area (TPSA) is 85.1 Å². The minimum Gasteiger partial charge on any atom is -0.399 e. The number of benzene rings is 1. The van der Waals surface area contributed by atoms with E-state index in [0.29, 0.717) is 10.6 Å². The smallest absolute Gasteiger partial charge is 0.241 e. The summed E-state index contributed by atoms with van der Waals surface area (Å²) in [5.74, 6) is 0. The quantitative estimate of drug-likeness (QED) is 0.841. The second kappa shape index (κ2) is 5.27. The van der Waals surface area contributed by atoms with Crippen LogP contribution in [0, 0.1) is 0 Å². The SMILES string of the molecule is CNS(=O)(=O)c1cc(N)ccc1Sc1nccs1. The van der Waals surface area contributed by atoms with Crippen molar-refractivity contribution in [3.63, 3.8) is 0 Å². The van der Waals surface area contributed by atoms with Gasteiger partial charge in [0.15, 0.2) is 4.34 Å². The average molecular weight is 301 g/mol. The Morgan fingerprint density at radius 3 is 2.83 bits per heavy atom. The Morgan fingerprint density at radius 2 is 2.22 bits per heavy atom. The Hall–Kier alpha value is -1.09. The van der Waals surface area contributed by atoms with Gasteiger partial charge in [0.25, 0.3) is 0 Å². The second-order valence-electron chi connectivity index (χ2n) is 3.31. The molecule has 18 heavy (non-hydrogen) atoms. The van der Waals surface area contributed by atoms with Gasteiger partial charge in [0.05, 0.1) is 4.90 Å². The first-order valence-corrected chi connectivity index (χ1v) is 8.11. The van der Waals surface area contributed by atoms with Gasteiger partial charge in [-0.2, -0.15) is 0 Å². The molecule has 8 heteroatoms. The molecule has 0 saturated carbocycles. The van der Waals surface area contributed by atoms with Gasteiger partial charge in [0.2, 0.25) is 10.0 Å². The first-order valence-electron chi connectivity index (χ1n) is 4.93. The Balaban J connectivity index is 2.47. The molecule has 0 aliphatic carbocycles. The summed E-state index contributed by atoms with van der Waals surface area (Å²) in [4.78, 5) is 4.89. The first-order chi connectivity index (χ1) is 8.53. The second-order valence-corrected chi connectivity index (χ2v) is 7.35. The van der Waals surface area contributed by atoms with Crippen molar-refractivity contribution in [3.05, 3.63) is 29.8 Å². The highest BCUT2D eigenvalue weighted by atomic mass is 32.2. The zero-order valence-electron chi connectivity index (χ0n) is 9.45. The molecule has 0 aliphatic heterocycles. The van der Waals surface area contributed by atoms with Crippen LogP contribution in [0.3, 0.4) is 0 Å². The van der Waals surface area contributed by atoms with Crippen LogP contribution in [0.5, 0.6) is 0 Å². The van der Waals surface area contributed by atoms with Crippen molar-refractivity contribution in [2.75, 3.05) is 12.8 Å².